The van der Waals surface area contributed by atoms with Crippen LogP contribution in [-0.2, 0) is 7.05 Å². The van der Waals surface area contributed by atoms with Gasteiger partial charge in [-0.25, -0.2) is 0 Å². The number of alkyl halides is 3. The number of nitrogens with two attached hydrogens (primary N) is 1. The molecule has 0 amide bonds. The maximum Gasteiger partial charge on any atom is 0.390 e. The van der Waals surface area contributed by atoms with E-state index in [4.69, 9.17) is 5.73 Å². The summed E-state index contributed by atoms with van der Waals surface area (Å²) in [6.07, 6.45) is -3.87. The van der Waals surface area contributed by atoms with Crippen molar-refractivity contribution in [3.05, 3.63) is 17.5 Å². The Hall–Kier alpha value is -1.04. The summed E-state index contributed by atoms with van der Waals surface area (Å²) in [6, 6.07) is -1.02. The molecule has 80 valence electrons. The molecule has 1 rings (SSSR count). The molecule has 0 aliphatic heterocycles. The zero-order valence-electron chi connectivity index (χ0n) is 7.97. The van der Waals surface area contributed by atoms with Crippen molar-refractivity contribution >= 4 is 0 Å². The summed E-state index contributed by atoms with van der Waals surface area (Å²) in [4.78, 5) is 0. The van der Waals surface area contributed by atoms with Gasteiger partial charge in [-0.05, 0) is 6.92 Å². The average Bonchev–Trinajstić information content (AvgIpc) is 2.29. The Labute approximate surface area is 79.7 Å². The lowest BCUT2D eigenvalue weighted by molar-refractivity contribution is -0.138. The van der Waals surface area contributed by atoms with E-state index >= 15 is 0 Å². The number of hydrogen-bond donors (Lipinski definition) is 1. The third-order valence-corrected chi connectivity index (χ3v) is 2.12. The fourth-order valence-corrected chi connectivity index (χ4v) is 1.24. The van der Waals surface area contributed by atoms with Crippen molar-refractivity contribution in [3.8, 4) is 0 Å². The molecular formula is C8H12F3N3. The van der Waals surface area contributed by atoms with Crippen LogP contribution < -0.4 is 5.73 Å². The van der Waals surface area contributed by atoms with Crippen molar-refractivity contribution < 1.29 is 13.2 Å². The lowest BCUT2D eigenvalue weighted by Gasteiger charge is -2.13. The smallest absolute Gasteiger partial charge is 0.324 e. The molecule has 0 saturated heterocycles. The van der Waals surface area contributed by atoms with Crippen molar-refractivity contribution in [2.45, 2.75) is 25.6 Å². The first-order valence-electron chi connectivity index (χ1n) is 4.12. The van der Waals surface area contributed by atoms with E-state index in [1.165, 1.54) is 10.9 Å². The first-order valence-corrected chi connectivity index (χ1v) is 4.12. The van der Waals surface area contributed by atoms with Crippen LogP contribution in [0.4, 0.5) is 13.2 Å². The van der Waals surface area contributed by atoms with Crippen LogP contribution in [0.15, 0.2) is 6.20 Å². The molecule has 0 spiro atoms. The molecule has 0 bridgehead atoms. The zero-order chi connectivity index (χ0) is 10.9. The Bertz CT molecular complexity index is 316. The minimum absolute atomic E-state index is 0.449. The standard InChI is InChI=1S/C8H12F3N3/c1-5-6(4-13-14(5)2)7(12)3-8(9,10)11/h4,7H,3,12H2,1-2H3. The number of halogens is 3. The molecule has 1 unspecified atom stereocenters. The predicted molar refractivity (Wildman–Crippen MR) is 45.5 cm³/mol. The Kier molecular flexibility index (Phi) is 2.84. The van der Waals surface area contributed by atoms with Crippen LogP contribution >= 0.6 is 0 Å². The zero-order valence-corrected chi connectivity index (χ0v) is 7.97. The molecule has 0 fully saturated rings. The Morgan fingerprint density at radius 2 is 2.14 bits per heavy atom. The highest BCUT2D eigenvalue weighted by Crippen LogP contribution is 2.28. The summed E-state index contributed by atoms with van der Waals surface area (Å²) in [5, 5.41) is 3.84. The number of nitrogens with zero attached hydrogens (tertiary/aromatic N) is 2. The number of rotatable bonds is 2. The van der Waals surface area contributed by atoms with E-state index in [2.05, 4.69) is 5.10 Å². The molecule has 1 heterocycles. The van der Waals surface area contributed by atoms with Gasteiger partial charge in [0.05, 0.1) is 12.6 Å². The molecule has 14 heavy (non-hydrogen) atoms. The molecule has 0 aromatic carbocycles. The molecule has 0 saturated carbocycles. The van der Waals surface area contributed by atoms with Gasteiger partial charge in [0.2, 0.25) is 0 Å². The van der Waals surface area contributed by atoms with E-state index in [1.54, 1.807) is 14.0 Å². The van der Waals surface area contributed by atoms with Crippen molar-refractivity contribution in [1.82, 2.24) is 9.78 Å². The van der Waals surface area contributed by atoms with E-state index in [0.29, 0.717) is 11.3 Å². The van der Waals surface area contributed by atoms with Crippen LogP contribution in [0.25, 0.3) is 0 Å². The monoisotopic (exact) mass is 207 g/mol. The molecular weight excluding hydrogens is 195 g/mol. The summed E-state index contributed by atoms with van der Waals surface area (Å²) < 4.78 is 37.6. The molecule has 0 aliphatic carbocycles. The minimum atomic E-state index is -4.23. The molecule has 0 aliphatic rings. The summed E-state index contributed by atoms with van der Waals surface area (Å²) in [7, 11) is 1.67. The second-order valence-electron chi connectivity index (χ2n) is 3.23. The van der Waals surface area contributed by atoms with Crippen LogP contribution in [0.3, 0.4) is 0 Å². The van der Waals surface area contributed by atoms with Gasteiger partial charge in [-0.2, -0.15) is 18.3 Å². The van der Waals surface area contributed by atoms with Crippen LogP contribution in [-0.4, -0.2) is 16.0 Å². The fraction of sp³-hybridized carbons (Fsp3) is 0.625. The Morgan fingerprint density at radius 1 is 1.57 bits per heavy atom. The van der Waals surface area contributed by atoms with Crippen LogP contribution in [0, 0.1) is 6.92 Å². The summed E-state index contributed by atoms with van der Waals surface area (Å²) in [5.41, 5.74) is 6.54. The van der Waals surface area contributed by atoms with Gasteiger partial charge in [-0.15, -0.1) is 0 Å². The molecule has 2 N–H and O–H groups in total. The summed E-state index contributed by atoms with van der Waals surface area (Å²) in [5.74, 6) is 0. The lowest BCUT2D eigenvalue weighted by Crippen LogP contribution is -2.20. The quantitative estimate of drug-likeness (QED) is 0.801. The second-order valence-corrected chi connectivity index (χ2v) is 3.23. The van der Waals surface area contributed by atoms with Crippen molar-refractivity contribution in [1.29, 1.82) is 0 Å². The molecule has 3 nitrogen and oxygen atoms in total. The second kappa shape index (κ2) is 3.61. The van der Waals surface area contributed by atoms with E-state index in [1.807, 2.05) is 0 Å². The van der Waals surface area contributed by atoms with Crippen molar-refractivity contribution in [2.75, 3.05) is 0 Å². The summed E-state index contributed by atoms with van der Waals surface area (Å²) >= 11 is 0. The van der Waals surface area contributed by atoms with Gasteiger partial charge in [0, 0.05) is 24.3 Å². The van der Waals surface area contributed by atoms with E-state index < -0.39 is 18.6 Å². The molecule has 0 radical (unpaired) electrons. The molecule has 1 aromatic rings. The van der Waals surface area contributed by atoms with Gasteiger partial charge in [0.25, 0.3) is 0 Å². The van der Waals surface area contributed by atoms with Gasteiger partial charge < -0.3 is 5.73 Å². The number of aromatic nitrogens is 2. The van der Waals surface area contributed by atoms with E-state index in [0.717, 1.165) is 0 Å². The highest BCUT2D eigenvalue weighted by atomic mass is 19.4. The largest absolute Gasteiger partial charge is 0.390 e. The Balaban J connectivity index is 2.80. The van der Waals surface area contributed by atoms with Gasteiger partial charge in [-0.1, -0.05) is 0 Å². The van der Waals surface area contributed by atoms with E-state index in [-0.39, 0.29) is 0 Å². The fourth-order valence-electron chi connectivity index (χ4n) is 1.24. The first kappa shape index (κ1) is 11.0. The van der Waals surface area contributed by atoms with Crippen molar-refractivity contribution in [3.63, 3.8) is 0 Å². The SMILES string of the molecule is Cc1c(C(N)CC(F)(F)F)cnn1C. The third kappa shape index (κ3) is 2.47. The molecule has 1 atom stereocenters. The topological polar surface area (TPSA) is 43.8 Å². The highest BCUT2D eigenvalue weighted by molar-refractivity contribution is 5.20. The molecule has 6 heteroatoms. The van der Waals surface area contributed by atoms with Gasteiger partial charge in [0.1, 0.15) is 0 Å². The summed E-state index contributed by atoms with van der Waals surface area (Å²) in [6.45, 7) is 1.69. The first-order chi connectivity index (χ1) is 6.31. The van der Waals surface area contributed by atoms with Crippen molar-refractivity contribution in [2.24, 2.45) is 12.8 Å². The van der Waals surface area contributed by atoms with Crippen LogP contribution in [0.1, 0.15) is 23.7 Å². The van der Waals surface area contributed by atoms with E-state index in [9.17, 15) is 13.2 Å². The Morgan fingerprint density at radius 3 is 2.50 bits per heavy atom. The van der Waals surface area contributed by atoms with Gasteiger partial charge >= 0.3 is 6.18 Å². The number of hydrogen-bond acceptors (Lipinski definition) is 2. The minimum Gasteiger partial charge on any atom is -0.324 e. The van der Waals surface area contributed by atoms with Gasteiger partial charge in [0.15, 0.2) is 0 Å². The third-order valence-electron chi connectivity index (χ3n) is 2.12. The van der Waals surface area contributed by atoms with Crippen LogP contribution in [0.5, 0.6) is 0 Å². The highest BCUT2D eigenvalue weighted by Gasteiger charge is 2.31. The maximum atomic E-state index is 12.0. The lowest BCUT2D eigenvalue weighted by atomic mass is 10.1. The molecule has 1 aromatic heterocycles. The average molecular weight is 207 g/mol. The van der Waals surface area contributed by atoms with Crippen LogP contribution in [0.2, 0.25) is 0 Å². The normalized spacial score (nSPS) is 14.4. The maximum absolute atomic E-state index is 12.0. The van der Waals surface area contributed by atoms with Gasteiger partial charge in [-0.3, -0.25) is 4.68 Å². The number of aryl methyl sites for hydroxylation is 1. The predicted octanol–water partition coefficient (Wildman–Crippen LogP) is 1.68.